The third-order valence-electron chi connectivity index (χ3n) is 9.29. The molecule has 0 aliphatic heterocycles. The highest BCUT2D eigenvalue weighted by atomic mass is 32.1. The van der Waals surface area contributed by atoms with Crippen molar-refractivity contribution in [2.24, 2.45) is 0 Å². The topological polar surface area (TPSA) is 3.24 Å². The summed E-state index contributed by atoms with van der Waals surface area (Å²) in [7, 11) is 0. The van der Waals surface area contributed by atoms with E-state index in [2.05, 4.69) is 193 Å². The molecule has 0 bridgehead atoms. The minimum atomic E-state index is 1.12. The Bertz CT molecular complexity index is 2430. The third-order valence-corrected chi connectivity index (χ3v) is 10.6. The first-order valence-corrected chi connectivity index (χ1v) is 17.2. The molecule has 1 nitrogen and oxygen atoms in total. The fraction of sp³-hybridized carbons (Fsp3) is 0. The molecule has 1 aromatic heterocycles. The molecule has 0 spiro atoms. The highest BCUT2D eigenvalue weighted by molar-refractivity contribution is 7.27. The van der Waals surface area contributed by atoms with Gasteiger partial charge in [0.1, 0.15) is 0 Å². The molecule has 0 amide bonds. The van der Waals surface area contributed by atoms with Crippen molar-refractivity contribution in [2.75, 3.05) is 4.90 Å². The van der Waals surface area contributed by atoms with Gasteiger partial charge in [0.25, 0.3) is 0 Å². The standard InChI is InChI=1S/C46H31NS/c1-3-10-32(11-4-1)34-18-25-38(26-19-34)47(39-27-20-35(21-28-39)33-12-5-2-6-13-33)40-29-22-37(23-30-40)42-16-9-17-43-44-31-24-36-14-7-8-15-41(36)46(44)48-45(42)43/h1-31H. The smallest absolute Gasteiger partial charge is 0.0462 e. The highest BCUT2D eigenvalue weighted by Gasteiger charge is 2.16. The van der Waals surface area contributed by atoms with Gasteiger partial charge < -0.3 is 4.90 Å². The molecule has 0 radical (unpaired) electrons. The average Bonchev–Trinajstić information content (AvgIpc) is 3.56. The molecule has 2 heteroatoms. The van der Waals surface area contributed by atoms with E-state index in [4.69, 9.17) is 0 Å². The summed E-state index contributed by atoms with van der Waals surface area (Å²) in [5, 5.41) is 5.26. The van der Waals surface area contributed by atoms with Crippen molar-refractivity contribution in [3.8, 4) is 33.4 Å². The molecule has 0 saturated heterocycles. The first-order valence-electron chi connectivity index (χ1n) is 16.3. The molecule has 48 heavy (non-hydrogen) atoms. The number of benzene rings is 8. The maximum absolute atomic E-state index is 2.35. The second-order valence-corrected chi connectivity index (χ2v) is 13.2. The molecule has 8 aromatic carbocycles. The van der Waals surface area contributed by atoms with Crippen molar-refractivity contribution in [2.45, 2.75) is 0 Å². The Morgan fingerprint density at radius 2 is 0.750 bits per heavy atom. The van der Waals surface area contributed by atoms with E-state index >= 15 is 0 Å². The molecule has 0 aliphatic rings. The number of rotatable bonds is 6. The van der Waals surface area contributed by atoms with Gasteiger partial charge in [-0.3, -0.25) is 0 Å². The van der Waals surface area contributed by atoms with Crippen LogP contribution in [0.3, 0.4) is 0 Å². The summed E-state index contributed by atoms with van der Waals surface area (Å²) in [4.78, 5) is 2.35. The van der Waals surface area contributed by atoms with Gasteiger partial charge in [-0.2, -0.15) is 0 Å². The SMILES string of the molecule is c1ccc(-c2ccc(N(c3ccc(-c4ccccc4)cc3)c3ccc(-c4cccc5c4sc4c6ccccc6ccc54)cc3)cc2)cc1. The fourth-order valence-corrected chi connectivity index (χ4v) is 8.23. The monoisotopic (exact) mass is 629 g/mol. The molecule has 0 aliphatic carbocycles. The molecule has 0 fully saturated rings. The number of thiophene rings is 1. The summed E-state index contributed by atoms with van der Waals surface area (Å²) in [6.45, 7) is 0. The van der Waals surface area contributed by atoms with E-state index in [1.807, 2.05) is 11.3 Å². The predicted molar refractivity (Wildman–Crippen MR) is 208 cm³/mol. The van der Waals surface area contributed by atoms with Gasteiger partial charge in [-0.15, -0.1) is 11.3 Å². The van der Waals surface area contributed by atoms with Gasteiger partial charge in [-0.1, -0.05) is 152 Å². The summed E-state index contributed by atoms with van der Waals surface area (Å²) in [5.74, 6) is 0. The van der Waals surface area contributed by atoms with Crippen LogP contribution in [0.2, 0.25) is 0 Å². The lowest BCUT2D eigenvalue weighted by Gasteiger charge is -2.26. The molecule has 0 atom stereocenters. The van der Waals surface area contributed by atoms with Gasteiger partial charge in [-0.25, -0.2) is 0 Å². The minimum Gasteiger partial charge on any atom is -0.311 e. The van der Waals surface area contributed by atoms with Crippen LogP contribution in [0.5, 0.6) is 0 Å². The number of anilines is 3. The summed E-state index contributed by atoms with van der Waals surface area (Å²) in [6, 6.07) is 67.9. The number of hydrogen-bond donors (Lipinski definition) is 0. The zero-order valence-corrected chi connectivity index (χ0v) is 27.1. The van der Waals surface area contributed by atoms with Crippen LogP contribution in [0.1, 0.15) is 0 Å². The third kappa shape index (κ3) is 5.04. The van der Waals surface area contributed by atoms with Crippen LogP contribution in [0, 0.1) is 0 Å². The maximum atomic E-state index is 2.35. The fourth-order valence-electron chi connectivity index (χ4n) is 6.86. The van der Waals surface area contributed by atoms with E-state index in [9.17, 15) is 0 Å². The quantitative estimate of drug-likeness (QED) is 0.177. The Kier molecular flexibility index (Phi) is 7.07. The van der Waals surface area contributed by atoms with Crippen molar-refractivity contribution in [1.82, 2.24) is 0 Å². The van der Waals surface area contributed by atoms with E-state index < -0.39 is 0 Å². The highest BCUT2D eigenvalue weighted by Crippen LogP contribution is 2.44. The maximum Gasteiger partial charge on any atom is 0.0462 e. The summed E-state index contributed by atoms with van der Waals surface area (Å²) >= 11 is 1.91. The summed E-state index contributed by atoms with van der Waals surface area (Å²) < 4.78 is 2.69. The van der Waals surface area contributed by atoms with Crippen molar-refractivity contribution >= 4 is 59.3 Å². The van der Waals surface area contributed by atoms with Gasteiger partial charge in [0, 0.05) is 37.2 Å². The number of nitrogens with zero attached hydrogens (tertiary/aromatic N) is 1. The second-order valence-electron chi connectivity index (χ2n) is 12.2. The lowest BCUT2D eigenvalue weighted by Crippen LogP contribution is -2.09. The Labute approximate surface area is 284 Å². The van der Waals surface area contributed by atoms with Crippen molar-refractivity contribution < 1.29 is 0 Å². The normalized spacial score (nSPS) is 11.3. The van der Waals surface area contributed by atoms with Crippen LogP contribution >= 0.6 is 11.3 Å². The average molecular weight is 630 g/mol. The predicted octanol–water partition coefficient (Wildman–Crippen LogP) is 13.7. The lowest BCUT2D eigenvalue weighted by atomic mass is 10.0. The van der Waals surface area contributed by atoms with E-state index in [1.54, 1.807) is 0 Å². The molecule has 226 valence electrons. The molecule has 9 aromatic rings. The van der Waals surface area contributed by atoms with Gasteiger partial charge in [0.15, 0.2) is 0 Å². The van der Waals surface area contributed by atoms with Crippen LogP contribution in [0.15, 0.2) is 188 Å². The molecule has 1 heterocycles. The lowest BCUT2D eigenvalue weighted by molar-refractivity contribution is 1.28. The zero-order valence-electron chi connectivity index (χ0n) is 26.3. The van der Waals surface area contributed by atoms with Crippen molar-refractivity contribution in [1.29, 1.82) is 0 Å². The van der Waals surface area contributed by atoms with Gasteiger partial charge in [0.2, 0.25) is 0 Å². The molecular weight excluding hydrogens is 599 g/mol. The van der Waals surface area contributed by atoms with Crippen LogP contribution in [0.25, 0.3) is 64.3 Å². The number of hydrogen-bond acceptors (Lipinski definition) is 2. The van der Waals surface area contributed by atoms with E-state index in [0.29, 0.717) is 0 Å². The van der Waals surface area contributed by atoms with Crippen LogP contribution in [0.4, 0.5) is 17.1 Å². The minimum absolute atomic E-state index is 1.12. The van der Waals surface area contributed by atoms with E-state index in [-0.39, 0.29) is 0 Å². The van der Waals surface area contributed by atoms with Gasteiger partial charge in [-0.05, 0) is 80.6 Å². The zero-order chi connectivity index (χ0) is 31.9. The summed E-state index contributed by atoms with van der Waals surface area (Å²) in [6.07, 6.45) is 0. The molecular formula is C46H31NS. The largest absolute Gasteiger partial charge is 0.311 e. The Morgan fingerprint density at radius 3 is 1.33 bits per heavy atom. The molecule has 0 N–H and O–H groups in total. The first-order chi connectivity index (χ1) is 23.8. The van der Waals surface area contributed by atoms with Crippen molar-refractivity contribution in [3.05, 3.63) is 188 Å². The second kappa shape index (κ2) is 12.0. The van der Waals surface area contributed by atoms with Crippen molar-refractivity contribution in [3.63, 3.8) is 0 Å². The first kappa shape index (κ1) is 28.3. The van der Waals surface area contributed by atoms with E-state index in [0.717, 1.165) is 17.1 Å². The summed E-state index contributed by atoms with van der Waals surface area (Å²) in [5.41, 5.74) is 10.7. The van der Waals surface area contributed by atoms with Gasteiger partial charge >= 0.3 is 0 Å². The Morgan fingerprint density at radius 1 is 0.292 bits per heavy atom. The number of fused-ring (bicyclic) bond motifs is 5. The van der Waals surface area contributed by atoms with Crippen LogP contribution < -0.4 is 4.90 Å². The van der Waals surface area contributed by atoms with Crippen LogP contribution in [-0.2, 0) is 0 Å². The molecule has 0 unspecified atom stereocenters. The van der Waals surface area contributed by atoms with Crippen LogP contribution in [-0.4, -0.2) is 0 Å². The Balaban J connectivity index is 1.12. The van der Waals surface area contributed by atoms with E-state index in [1.165, 1.54) is 64.3 Å². The Hall–Kier alpha value is -5.96. The molecule has 0 saturated carbocycles. The molecule has 9 rings (SSSR count). The van der Waals surface area contributed by atoms with Gasteiger partial charge in [0.05, 0.1) is 0 Å².